The molecule has 0 aliphatic carbocycles. The van der Waals surface area contributed by atoms with Crippen molar-refractivity contribution in [1.82, 2.24) is 10.5 Å². The van der Waals surface area contributed by atoms with E-state index in [1.54, 1.807) is 24.3 Å². The van der Waals surface area contributed by atoms with E-state index >= 15 is 0 Å². The molecule has 0 spiro atoms. The summed E-state index contributed by atoms with van der Waals surface area (Å²) in [5, 5.41) is 13.1. The van der Waals surface area contributed by atoms with Crippen LogP contribution < -0.4 is 10.6 Å². The maximum Gasteiger partial charge on any atom is 0.320 e. The van der Waals surface area contributed by atoms with Crippen molar-refractivity contribution >= 4 is 23.2 Å². The topological polar surface area (TPSA) is 67.2 Å². The zero-order valence-electron chi connectivity index (χ0n) is 9.40. The quantitative estimate of drug-likeness (QED) is 0.876. The van der Waals surface area contributed by atoms with Crippen LogP contribution in [0.25, 0.3) is 0 Å². The van der Waals surface area contributed by atoms with Crippen LogP contribution >= 0.6 is 11.3 Å². The number of nitrogens with one attached hydrogen (secondary N) is 2. The van der Waals surface area contributed by atoms with E-state index in [1.165, 1.54) is 5.56 Å². The number of hydrogen-bond donors (Lipinski definition) is 2. The van der Waals surface area contributed by atoms with E-state index in [4.69, 9.17) is 4.52 Å². The Kier molecular flexibility index (Phi) is 3.77. The average molecular weight is 251 g/mol. The molecular formula is C11H13N3O2S. The van der Waals surface area contributed by atoms with E-state index in [0.29, 0.717) is 18.1 Å². The maximum atomic E-state index is 11.4. The lowest BCUT2D eigenvalue weighted by Gasteiger charge is -2.03. The molecule has 2 N–H and O–H groups in total. The lowest BCUT2D eigenvalue weighted by molar-refractivity contribution is 0.252. The van der Waals surface area contributed by atoms with Crippen molar-refractivity contribution in [2.24, 2.45) is 0 Å². The molecule has 0 bridgehead atoms. The number of carbonyl (C=O) groups excluding carboxylic acids is 1. The van der Waals surface area contributed by atoms with E-state index in [-0.39, 0.29) is 6.03 Å². The molecule has 6 heteroatoms. The first-order chi connectivity index (χ1) is 8.24. The number of rotatable bonds is 4. The predicted octanol–water partition coefficient (Wildman–Crippen LogP) is 2.41. The van der Waals surface area contributed by atoms with E-state index in [1.807, 2.05) is 11.4 Å². The van der Waals surface area contributed by atoms with Gasteiger partial charge in [-0.3, -0.25) is 5.32 Å². The molecule has 0 aliphatic rings. The number of aromatic nitrogens is 1. The SMILES string of the molecule is Cc1cc(NC(=O)NCCc2ccsc2)no1. The number of carbonyl (C=O) groups is 1. The number of thiophene rings is 1. The van der Waals surface area contributed by atoms with Crippen LogP contribution in [-0.2, 0) is 6.42 Å². The highest BCUT2D eigenvalue weighted by molar-refractivity contribution is 7.07. The number of aryl methyl sites for hydroxylation is 1. The summed E-state index contributed by atoms with van der Waals surface area (Å²) in [6, 6.07) is 3.44. The number of nitrogens with zero attached hydrogens (tertiary/aromatic N) is 1. The lowest BCUT2D eigenvalue weighted by atomic mass is 10.2. The van der Waals surface area contributed by atoms with Gasteiger partial charge in [0.1, 0.15) is 5.76 Å². The van der Waals surface area contributed by atoms with Gasteiger partial charge in [-0.25, -0.2) is 4.79 Å². The van der Waals surface area contributed by atoms with Crippen molar-refractivity contribution in [2.45, 2.75) is 13.3 Å². The van der Waals surface area contributed by atoms with Crippen molar-refractivity contribution in [1.29, 1.82) is 0 Å². The van der Waals surface area contributed by atoms with Crippen LogP contribution in [0.15, 0.2) is 27.4 Å². The first-order valence-corrected chi connectivity index (χ1v) is 6.17. The van der Waals surface area contributed by atoms with Gasteiger partial charge >= 0.3 is 6.03 Å². The molecule has 5 nitrogen and oxygen atoms in total. The van der Waals surface area contributed by atoms with Gasteiger partial charge in [0.15, 0.2) is 5.82 Å². The van der Waals surface area contributed by atoms with Crippen LogP contribution in [0.3, 0.4) is 0 Å². The Labute approximate surface area is 103 Å². The fraction of sp³-hybridized carbons (Fsp3) is 0.273. The molecule has 0 atom stereocenters. The third-order valence-corrected chi connectivity index (χ3v) is 2.88. The van der Waals surface area contributed by atoms with Crippen molar-refractivity contribution in [3.8, 4) is 0 Å². The minimum absolute atomic E-state index is 0.270. The molecule has 2 rings (SSSR count). The van der Waals surface area contributed by atoms with Crippen molar-refractivity contribution in [3.05, 3.63) is 34.2 Å². The Bertz CT molecular complexity index is 479. The van der Waals surface area contributed by atoms with Crippen LogP contribution in [0.5, 0.6) is 0 Å². The molecule has 0 saturated carbocycles. The number of anilines is 1. The second-order valence-electron chi connectivity index (χ2n) is 3.59. The van der Waals surface area contributed by atoms with Crippen molar-refractivity contribution < 1.29 is 9.32 Å². The molecule has 0 saturated heterocycles. The monoisotopic (exact) mass is 251 g/mol. The minimum atomic E-state index is -0.270. The second-order valence-corrected chi connectivity index (χ2v) is 4.37. The van der Waals surface area contributed by atoms with E-state index in [0.717, 1.165) is 6.42 Å². The molecule has 0 unspecified atom stereocenters. The molecule has 0 aromatic carbocycles. The fourth-order valence-corrected chi connectivity index (χ4v) is 2.04. The Morgan fingerprint density at radius 3 is 3.12 bits per heavy atom. The third-order valence-electron chi connectivity index (χ3n) is 2.15. The maximum absolute atomic E-state index is 11.4. The molecule has 0 aliphatic heterocycles. The zero-order chi connectivity index (χ0) is 12.1. The lowest BCUT2D eigenvalue weighted by Crippen LogP contribution is -2.30. The highest BCUT2D eigenvalue weighted by Gasteiger charge is 2.04. The molecule has 0 radical (unpaired) electrons. The van der Waals surface area contributed by atoms with Crippen molar-refractivity contribution in [3.63, 3.8) is 0 Å². The summed E-state index contributed by atoms with van der Waals surface area (Å²) < 4.78 is 4.84. The zero-order valence-corrected chi connectivity index (χ0v) is 10.2. The Morgan fingerprint density at radius 1 is 1.59 bits per heavy atom. The largest absolute Gasteiger partial charge is 0.360 e. The molecule has 0 fully saturated rings. The summed E-state index contributed by atoms with van der Waals surface area (Å²) >= 11 is 1.65. The van der Waals surface area contributed by atoms with Gasteiger partial charge in [0.2, 0.25) is 0 Å². The first kappa shape index (κ1) is 11.7. The van der Waals surface area contributed by atoms with Crippen LogP contribution in [0.1, 0.15) is 11.3 Å². The van der Waals surface area contributed by atoms with Crippen molar-refractivity contribution in [2.75, 3.05) is 11.9 Å². The summed E-state index contributed by atoms with van der Waals surface area (Å²) in [5.41, 5.74) is 1.23. The van der Waals surface area contributed by atoms with Gasteiger partial charge in [0.05, 0.1) is 0 Å². The highest BCUT2D eigenvalue weighted by atomic mass is 32.1. The van der Waals surface area contributed by atoms with Gasteiger partial charge in [0.25, 0.3) is 0 Å². The van der Waals surface area contributed by atoms with Gasteiger partial charge in [-0.05, 0) is 35.7 Å². The average Bonchev–Trinajstić information content (AvgIpc) is 2.90. The molecule has 2 aromatic heterocycles. The van der Waals surface area contributed by atoms with Gasteiger partial charge in [-0.2, -0.15) is 11.3 Å². The van der Waals surface area contributed by atoms with Crippen LogP contribution in [0.4, 0.5) is 10.6 Å². The Hall–Kier alpha value is -1.82. The molecular weight excluding hydrogens is 238 g/mol. The second kappa shape index (κ2) is 5.49. The highest BCUT2D eigenvalue weighted by Crippen LogP contribution is 2.07. The molecule has 90 valence electrons. The van der Waals surface area contributed by atoms with Gasteiger partial charge in [-0.15, -0.1) is 0 Å². The Morgan fingerprint density at radius 2 is 2.47 bits per heavy atom. The number of hydrogen-bond acceptors (Lipinski definition) is 4. The summed E-state index contributed by atoms with van der Waals surface area (Å²) in [7, 11) is 0. The van der Waals surface area contributed by atoms with Crippen LogP contribution in [-0.4, -0.2) is 17.7 Å². The Balaban J connectivity index is 1.71. The molecule has 2 amide bonds. The smallest absolute Gasteiger partial charge is 0.320 e. The van der Waals surface area contributed by atoms with Crippen LogP contribution in [0.2, 0.25) is 0 Å². The summed E-state index contributed by atoms with van der Waals surface area (Å²) in [6.07, 6.45) is 0.828. The number of urea groups is 1. The van der Waals surface area contributed by atoms with Gasteiger partial charge in [0, 0.05) is 12.6 Å². The summed E-state index contributed by atoms with van der Waals surface area (Å²) in [6.45, 7) is 2.37. The third kappa shape index (κ3) is 3.60. The molecule has 2 aromatic rings. The fourth-order valence-electron chi connectivity index (χ4n) is 1.34. The first-order valence-electron chi connectivity index (χ1n) is 5.23. The molecule has 2 heterocycles. The minimum Gasteiger partial charge on any atom is -0.360 e. The summed E-state index contributed by atoms with van der Waals surface area (Å²) in [5.74, 6) is 1.09. The molecule has 17 heavy (non-hydrogen) atoms. The van der Waals surface area contributed by atoms with E-state index < -0.39 is 0 Å². The van der Waals surface area contributed by atoms with E-state index in [2.05, 4.69) is 21.2 Å². The van der Waals surface area contributed by atoms with Gasteiger partial charge in [-0.1, -0.05) is 5.16 Å². The van der Waals surface area contributed by atoms with E-state index in [9.17, 15) is 4.79 Å². The van der Waals surface area contributed by atoms with Gasteiger partial charge < -0.3 is 9.84 Å². The normalized spacial score (nSPS) is 10.2. The predicted molar refractivity (Wildman–Crippen MR) is 66.3 cm³/mol. The number of amides is 2. The van der Waals surface area contributed by atoms with Crippen LogP contribution in [0, 0.1) is 6.92 Å². The summed E-state index contributed by atoms with van der Waals surface area (Å²) in [4.78, 5) is 11.4. The standard InChI is InChI=1S/C11H13N3O2S/c1-8-6-10(14-16-8)13-11(15)12-4-2-9-3-5-17-7-9/h3,5-7H,2,4H2,1H3,(H2,12,13,14,15).